The van der Waals surface area contributed by atoms with E-state index in [-0.39, 0.29) is 6.42 Å². The van der Waals surface area contributed by atoms with Crippen LogP contribution in [0.15, 0.2) is 0 Å². The van der Waals surface area contributed by atoms with Crippen molar-refractivity contribution in [2.45, 2.75) is 25.2 Å². The van der Waals surface area contributed by atoms with Gasteiger partial charge in [-0.15, -0.1) is 0 Å². The normalized spacial score (nSPS) is 25.2. The SMILES string of the molecule is O=C1NCCCCC1(F)F. The minimum absolute atomic E-state index is 0.307. The van der Waals surface area contributed by atoms with Crippen LogP contribution >= 0.6 is 0 Å². The average molecular weight is 149 g/mol. The molecule has 1 aliphatic rings. The fourth-order valence-electron chi connectivity index (χ4n) is 0.917. The first kappa shape index (κ1) is 7.44. The largest absolute Gasteiger partial charge is 0.351 e. The Balaban J connectivity index is 2.61. The Morgan fingerprint density at radius 2 is 2.10 bits per heavy atom. The van der Waals surface area contributed by atoms with Gasteiger partial charge in [0.05, 0.1) is 0 Å². The second-order valence-electron chi connectivity index (χ2n) is 2.42. The van der Waals surface area contributed by atoms with Gasteiger partial charge in [0, 0.05) is 13.0 Å². The standard InChI is InChI=1S/C6H9F2NO/c7-6(8)3-1-2-4-9-5(6)10/h1-4H2,(H,9,10). The zero-order chi connectivity index (χ0) is 7.61. The highest BCUT2D eigenvalue weighted by Gasteiger charge is 2.38. The van der Waals surface area contributed by atoms with Crippen molar-refractivity contribution in [3.8, 4) is 0 Å². The van der Waals surface area contributed by atoms with Gasteiger partial charge >= 0.3 is 5.92 Å². The van der Waals surface area contributed by atoms with Gasteiger partial charge in [-0.25, -0.2) is 0 Å². The molecule has 0 unspecified atom stereocenters. The molecule has 2 nitrogen and oxygen atoms in total. The maximum atomic E-state index is 12.4. The molecule has 1 N–H and O–H groups in total. The van der Waals surface area contributed by atoms with E-state index in [1.165, 1.54) is 0 Å². The van der Waals surface area contributed by atoms with Gasteiger partial charge in [0.15, 0.2) is 0 Å². The van der Waals surface area contributed by atoms with Crippen molar-refractivity contribution in [1.82, 2.24) is 5.32 Å². The van der Waals surface area contributed by atoms with Crippen LogP contribution < -0.4 is 5.32 Å². The summed E-state index contributed by atoms with van der Waals surface area (Å²) in [6.07, 6.45) is 0.770. The predicted molar refractivity (Wildman–Crippen MR) is 31.8 cm³/mol. The maximum absolute atomic E-state index is 12.4. The van der Waals surface area contributed by atoms with Crippen molar-refractivity contribution in [1.29, 1.82) is 0 Å². The Hall–Kier alpha value is -0.670. The van der Waals surface area contributed by atoms with Crippen molar-refractivity contribution in [2.24, 2.45) is 0 Å². The molecule has 0 atom stereocenters. The molecular formula is C6H9F2NO. The molecule has 0 aromatic carbocycles. The van der Waals surface area contributed by atoms with E-state index in [0.717, 1.165) is 0 Å². The van der Waals surface area contributed by atoms with Crippen LogP contribution in [-0.4, -0.2) is 18.4 Å². The molecule has 0 spiro atoms. The van der Waals surface area contributed by atoms with Crippen molar-refractivity contribution in [3.05, 3.63) is 0 Å². The zero-order valence-electron chi connectivity index (χ0n) is 5.49. The molecule has 0 saturated carbocycles. The van der Waals surface area contributed by atoms with E-state index in [4.69, 9.17) is 0 Å². The summed E-state index contributed by atoms with van der Waals surface area (Å²) in [5, 5.41) is 2.15. The van der Waals surface area contributed by atoms with Gasteiger partial charge < -0.3 is 5.32 Å². The first-order chi connectivity index (χ1) is 4.63. The van der Waals surface area contributed by atoms with E-state index in [1.54, 1.807) is 0 Å². The molecule has 1 amide bonds. The molecule has 0 bridgehead atoms. The molecule has 4 heteroatoms. The number of rotatable bonds is 0. The molecule has 0 aromatic rings. The van der Waals surface area contributed by atoms with Crippen molar-refractivity contribution in [2.75, 3.05) is 6.54 Å². The molecule has 1 aliphatic heterocycles. The summed E-state index contributed by atoms with van der Waals surface area (Å²) in [7, 11) is 0. The Bertz CT molecular complexity index is 147. The number of hydrogen-bond donors (Lipinski definition) is 1. The first-order valence-electron chi connectivity index (χ1n) is 3.29. The molecular weight excluding hydrogens is 140 g/mol. The summed E-state index contributed by atoms with van der Waals surface area (Å²) in [5.74, 6) is -4.25. The Labute approximate surface area is 57.6 Å². The highest BCUT2D eigenvalue weighted by Crippen LogP contribution is 2.23. The molecule has 0 aliphatic carbocycles. The Morgan fingerprint density at radius 1 is 1.40 bits per heavy atom. The fraction of sp³-hybridized carbons (Fsp3) is 0.833. The highest BCUT2D eigenvalue weighted by atomic mass is 19.3. The van der Waals surface area contributed by atoms with Crippen LogP contribution in [0.1, 0.15) is 19.3 Å². The van der Waals surface area contributed by atoms with Crippen LogP contribution in [0.4, 0.5) is 8.78 Å². The number of halogens is 2. The minimum atomic E-state index is -3.13. The molecule has 1 heterocycles. The van der Waals surface area contributed by atoms with Crippen LogP contribution in [0.5, 0.6) is 0 Å². The van der Waals surface area contributed by atoms with Gasteiger partial charge in [-0.1, -0.05) is 0 Å². The first-order valence-corrected chi connectivity index (χ1v) is 3.29. The van der Waals surface area contributed by atoms with E-state index >= 15 is 0 Å². The lowest BCUT2D eigenvalue weighted by atomic mass is 10.2. The van der Waals surface area contributed by atoms with Crippen LogP contribution in [0.25, 0.3) is 0 Å². The third kappa shape index (κ3) is 1.43. The number of carbonyl (C=O) groups excluding carboxylic acids is 1. The third-order valence-electron chi connectivity index (χ3n) is 1.54. The molecule has 0 aromatic heterocycles. The van der Waals surface area contributed by atoms with Crippen molar-refractivity contribution in [3.63, 3.8) is 0 Å². The molecule has 1 rings (SSSR count). The number of alkyl halides is 2. The van der Waals surface area contributed by atoms with Crippen LogP contribution in [-0.2, 0) is 4.79 Å². The van der Waals surface area contributed by atoms with Gasteiger partial charge in [-0.05, 0) is 12.8 Å². The third-order valence-corrected chi connectivity index (χ3v) is 1.54. The maximum Gasteiger partial charge on any atom is 0.324 e. The lowest BCUT2D eigenvalue weighted by Crippen LogP contribution is -2.37. The van der Waals surface area contributed by atoms with Crippen molar-refractivity contribution < 1.29 is 13.6 Å². The number of nitrogens with one attached hydrogen (secondary N) is 1. The second kappa shape index (κ2) is 2.52. The summed E-state index contributed by atoms with van der Waals surface area (Å²) in [6, 6.07) is 0. The second-order valence-corrected chi connectivity index (χ2v) is 2.42. The van der Waals surface area contributed by atoms with Gasteiger partial charge in [-0.3, -0.25) is 4.79 Å². The molecule has 58 valence electrons. The van der Waals surface area contributed by atoms with E-state index in [9.17, 15) is 13.6 Å². The Morgan fingerprint density at radius 3 is 2.80 bits per heavy atom. The fourth-order valence-corrected chi connectivity index (χ4v) is 0.917. The summed E-state index contributed by atoms with van der Waals surface area (Å²) >= 11 is 0. The summed E-state index contributed by atoms with van der Waals surface area (Å²) in [6.45, 7) is 0.383. The smallest absolute Gasteiger partial charge is 0.324 e. The monoisotopic (exact) mass is 149 g/mol. The average Bonchev–Trinajstić information content (AvgIpc) is 1.96. The van der Waals surface area contributed by atoms with E-state index in [2.05, 4.69) is 5.32 Å². The number of amides is 1. The lowest BCUT2D eigenvalue weighted by molar-refractivity contribution is -0.145. The van der Waals surface area contributed by atoms with Crippen molar-refractivity contribution >= 4 is 5.91 Å². The molecule has 1 fully saturated rings. The number of hydrogen-bond acceptors (Lipinski definition) is 1. The van der Waals surface area contributed by atoms with Crippen LogP contribution in [0, 0.1) is 0 Å². The zero-order valence-corrected chi connectivity index (χ0v) is 5.49. The molecule has 1 saturated heterocycles. The number of carbonyl (C=O) groups is 1. The van der Waals surface area contributed by atoms with Gasteiger partial charge in [0.2, 0.25) is 0 Å². The quantitative estimate of drug-likeness (QED) is 0.545. The van der Waals surface area contributed by atoms with Crippen LogP contribution in [0.3, 0.4) is 0 Å². The van der Waals surface area contributed by atoms with E-state index < -0.39 is 11.8 Å². The Kier molecular flexibility index (Phi) is 1.87. The minimum Gasteiger partial charge on any atom is -0.351 e. The summed E-state index contributed by atoms with van der Waals surface area (Å²) in [5.41, 5.74) is 0. The highest BCUT2D eigenvalue weighted by molar-refractivity contribution is 5.83. The summed E-state index contributed by atoms with van der Waals surface area (Å²) in [4.78, 5) is 10.5. The lowest BCUT2D eigenvalue weighted by Gasteiger charge is -2.09. The van der Waals surface area contributed by atoms with Gasteiger partial charge in [0.25, 0.3) is 5.91 Å². The van der Waals surface area contributed by atoms with Gasteiger partial charge in [0.1, 0.15) is 0 Å². The molecule has 0 radical (unpaired) electrons. The molecule has 10 heavy (non-hydrogen) atoms. The van der Waals surface area contributed by atoms with Crippen LogP contribution in [0.2, 0.25) is 0 Å². The van der Waals surface area contributed by atoms with Gasteiger partial charge in [-0.2, -0.15) is 8.78 Å². The topological polar surface area (TPSA) is 29.1 Å². The van der Waals surface area contributed by atoms with E-state index in [1.807, 2.05) is 0 Å². The van der Waals surface area contributed by atoms with E-state index in [0.29, 0.717) is 19.4 Å². The summed E-state index contributed by atoms with van der Waals surface area (Å²) < 4.78 is 24.9. The predicted octanol–water partition coefficient (Wildman–Crippen LogP) is 0.922.